The highest BCUT2D eigenvalue weighted by Crippen LogP contribution is 2.25. The van der Waals surface area contributed by atoms with Gasteiger partial charge in [-0.2, -0.15) is 0 Å². The average molecular weight is 268 g/mol. The first-order chi connectivity index (χ1) is 8.66. The Hall–Kier alpha value is -0.730. The third-order valence-corrected chi connectivity index (χ3v) is 4.07. The highest BCUT2D eigenvalue weighted by atomic mass is 35.5. The minimum atomic E-state index is 0.221. The molecule has 0 bridgehead atoms. The predicted octanol–water partition coefficient (Wildman–Crippen LogP) is 3.02. The second-order valence-electron chi connectivity index (χ2n) is 5.25. The number of alkyl halides is 1. The molecule has 1 aromatic carbocycles. The van der Waals surface area contributed by atoms with Crippen molar-refractivity contribution in [3.05, 3.63) is 29.3 Å². The molecule has 1 aliphatic heterocycles. The fourth-order valence-corrected chi connectivity index (χ4v) is 2.21. The quantitative estimate of drug-likeness (QED) is 0.632. The summed E-state index contributed by atoms with van der Waals surface area (Å²) in [6.07, 6.45) is 2.10. The lowest BCUT2D eigenvalue weighted by atomic mass is 10.1. The van der Waals surface area contributed by atoms with Gasteiger partial charge < -0.3 is 10.1 Å². The van der Waals surface area contributed by atoms with E-state index >= 15 is 0 Å². The number of benzene rings is 1. The normalized spacial score (nSPS) is 15.6. The van der Waals surface area contributed by atoms with Crippen LogP contribution in [0.1, 0.15) is 25.0 Å². The molecular weight excluding hydrogens is 246 g/mol. The summed E-state index contributed by atoms with van der Waals surface area (Å²) in [5, 5.41) is 3.64. The maximum atomic E-state index is 6.20. The molecule has 0 aromatic heterocycles. The van der Waals surface area contributed by atoms with E-state index in [0.29, 0.717) is 5.92 Å². The van der Waals surface area contributed by atoms with Crippen molar-refractivity contribution in [1.82, 2.24) is 5.32 Å². The molecule has 2 nitrogen and oxygen atoms in total. The molecule has 0 aliphatic carbocycles. The Labute approximate surface area is 115 Å². The molecule has 1 aromatic rings. The van der Waals surface area contributed by atoms with Crippen LogP contribution in [0.2, 0.25) is 0 Å². The van der Waals surface area contributed by atoms with E-state index in [9.17, 15) is 0 Å². The van der Waals surface area contributed by atoms with Crippen molar-refractivity contribution >= 4 is 11.6 Å². The van der Waals surface area contributed by atoms with Crippen LogP contribution in [0.15, 0.2) is 18.2 Å². The van der Waals surface area contributed by atoms with Gasteiger partial charge >= 0.3 is 0 Å². The summed E-state index contributed by atoms with van der Waals surface area (Å²) in [5.74, 6) is 1.59. The van der Waals surface area contributed by atoms with Crippen LogP contribution in [0.25, 0.3) is 0 Å². The summed E-state index contributed by atoms with van der Waals surface area (Å²) < 4.78 is 5.50. The smallest absolute Gasteiger partial charge is 0.122 e. The van der Waals surface area contributed by atoms with E-state index in [1.807, 2.05) is 0 Å². The van der Waals surface area contributed by atoms with Crippen LogP contribution in [0, 0.1) is 5.92 Å². The van der Waals surface area contributed by atoms with Crippen molar-refractivity contribution in [2.75, 3.05) is 19.7 Å². The zero-order valence-electron chi connectivity index (χ0n) is 11.2. The van der Waals surface area contributed by atoms with Crippen LogP contribution >= 0.6 is 11.6 Å². The van der Waals surface area contributed by atoms with Crippen molar-refractivity contribution in [2.45, 2.75) is 32.1 Å². The lowest BCUT2D eigenvalue weighted by molar-refractivity contribution is 0.357. The third-order valence-electron chi connectivity index (χ3n) is 3.41. The molecule has 0 amide bonds. The first-order valence-electron chi connectivity index (χ1n) is 6.76. The Balaban J connectivity index is 1.74. The fraction of sp³-hybridized carbons (Fsp3) is 0.600. The predicted molar refractivity (Wildman–Crippen MR) is 76.7 cm³/mol. The standard InChI is InChI=1S/C15H22ClNO/c1-11(2)14(16)10-17-7-5-12-3-4-15-13(9-12)6-8-18-15/h3-4,9,11,14,17H,5-8,10H2,1-2H3. The number of fused-ring (bicyclic) bond motifs is 1. The van der Waals surface area contributed by atoms with Crippen LogP contribution in [0.5, 0.6) is 5.75 Å². The van der Waals surface area contributed by atoms with Crippen LogP contribution in [-0.2, 0) is 12.8 Å². The largest absolute Gasteiger partial charge is 0.493 e. The summed E-state index contributed by atoms with van der Waals surface area (Å²) in [5.41, 5.74) is 2.73. The van der Waals surface area contributed by atoms with Crippen molar-refractivity contribution in [1.29, 1.82) is 0 Å². The molecule has 0 saturated heterocycles. The molecule has 0 radical (unpaired) electrons. The molecule has 1 aliphatic rings. The number of hydrogen-bond acceptors (Lipinski definition) is 2. The fourth-order valence-electron chi connectivity index (χ4n) is 2.10. The molecule has 18 heavy (non-hydrogen) atoms. The first kappa shape index (κ1) is 13.7. The van der Waals surface area contributed by atoms with Gasteiger partial charge in [0.25, 0.3) is 0 Å². The van der Waals surface area contributed by atoms with E-state index in [4.69, 9.17) is 16.3 Å². The van der Waals surface area contributed by atoms with Gasteiger partial charge in [0, 0.05) is 18.3 Å². The molecule has 2 rings (SSSR count). The van der Waals surface area contributed by atoms with Crippen LogP contribution in [0.4, 0.5) is 0 Å². The van der Waals surface area contributed by atoms with Crippen LogP contribution in [-0.4, -0.2) is 25.1 Å². The summed E-state index contributed by atoms with van der Waals surface area (Å²) in [4.78, 5) is 0. The molecular formula is C15H22ClNO. The van der Waals surface area contributed by atoms with Crippen molar-refractivity contribution < 1.29 is 4.74 Å². The molecule has 0 fully saturated rings. The summed E-state index contributed by atoms with van der Waals surface area (Å²) in [6, 6.07) is 6.52. The Bertz CT molecular complexity index is 392. The van der Waals surface area contributed by atoms with Gasteiger partial charge in [0.15, 0.2) is 0 Å². The molecule has 1 heterocycles. The van der Waals surface area contributed by atoms with Gasteiger partial charge in [-0.15, -0.1) is 11.6 Å². The van der Waals surface area contributed by atoms with E-state index in [-0.39, 0.29) is 5.38 Å². The SMILES string of the molecule is CC(C)C(Cl)CNCCc1ccc2c(c1)CCO2. The van der Waals surface area contributed by atoms with E-state index in [2.05, 4.69) is 37.4 Å². The van der Waals surface area contributed by atoms with E-state index in [1.165, 1.54) is 11.1 Å². The van der Waals surface area contributed by atoms with Crippen molar-refractivity contribution in [3.8, 4) is 5.75 Å². The number of hydrogen-bond donors (Lipinski definition) is 1. The van der Waals surface area contributed by atoms with E-state index in [1.54, 1.807) is 0 Å². The molecule has 0 spiro atoms. The second-order valence-corrected chi connectivity index (χ2v) is 5.82. The van der Waals surface area contributed by atoms with Gasteiger partial charge in [0.2, 0.25) is 0 Å². The second kappa shape index (κ2) is 6.44. The zero-order chi connectivity index (χ0) is 13.0. The first-order valence-corrected chi connectivity index (χ1v) is 7.20. The molecule has 1 N–H and O–H groups in total. The van der Waals surface area contributed by atoms with Crippen LogP contribution in [0.3, 0.4) is 0 Å². The molecule has 3 heteroatoms. The highest BCUT2D eigenvalue weighted by molar-refractivity contribution is 6.20. The summed E-state index contributed by atoms with van der Waals surface area (Å²) in [6.45, 7) is 7.00. The lowest BCUT2D eigenvalue weighted by Gasteiger charge is -2.14. The Kier molecular flexibility index (Phi) is 4.90. The van der Waals surface area contributed by atoms with Crippen molar-refractivity contribution in [3.63, 3.8) is 0 Å². The van der Waals surface area contributed by atoms with Gasteiger partial charge in [-0.25, -0.2) is 0 Å². The van der Waals surface area contributed by atoms with Crippen molar-refractivity contribution in [2.24, 2.45) is 5.92 Å². The Morgan fingerprint density at radius 3 is 3.00 bits per heavy atom. The number of halogens is 1. The van der Waals surface area contributed by atoms with E-state index < -0.39 is 0 Å². The minimum Gasteiger partial charge on any atom is -0.493 e. The zero-order valence-corrected chi connectivity index (χ0v) is 12.0. The third kappa shape index (κ3) is 3.63. The molecule has 1 atom stereocenters. The molecule has 0 saturated carbocycles. The minimum absolute atomic E-state index is 0.221. The van der Waals surface area contributed by atoms with Gasteiger partial charge in [-0.05, 0) is 36.1 Å². The van der Waals surface area contributed by atoms with Gasteiger partial charge in [-0.1, -0.05) is 26.0 Å². The van der Waals surface area contributed by atoms with Crippen LogP contribution < -0.4 is 10.1 Å². The topological polar surface area (TPSA) is 21.3 Å². The van der Waals surface area contributed by atoms with Gasteiger partial charge in [0.05, 0.1) is 6.61 Å². The summed E-state index contributed by atoms with van der Waals surface area (Å²) >= 11 is 6.20. The highest BCUT2D eigenvalue weighted by Gasteiger charge is 2.12. The van der Waals surface area contributed by atoms with Gasteiger partial charge in [-0.3, -0.25) is 0 Å². The Morgan fingerprint density at radius 2 is 2.22 bits per heavy atom. The molecule has 100 valence electrons. The maximum Gasteiger partial charge on any atom is 0.122 e. The Morgan fingerprint density at radius 1 is 1.39 bits per heavy atom. The number of rotatable bonds is 6. The maximum absolute atomic E-state index is 6.20. The molecule has 1 unspecified atom stereocenters. The van der Waals surface area contributed by atoms with E-state index in [0.717, 1.165) is 38.3 Å². The lowest BCUT2D eigenvalue weighted by Crippen LogP contribution is -2.28. The summed E-state index contributed by atoms with van der Waals surface area (Å²) in [7, 11) is 0. The van der Waals surface area contributed by atoms with Gasteiger partial charge in [0.1, 0.15) is 5.75 Å². The number of ether oxygens (including phenoxy) is 1. The average Bonchev–Trinajstić information content (AvgIpc) is 2.81. The monoisotopic (exact) mass is 267 g/mol. The number of nitrogens with one attached hydrogen (secondary N) is 1.